The molecule has 2 rings (SSSR count). The molecule has 0 radical (unpaired) electrons. The highest BCUT2D eigenvalue weighted by Gasteiger charge is 2.39. The number of aliphatic hydroxyl groups excluding tert-OH is 1. The summed E-state index contributed by atoms with van der Waals surface area (Å²) in [6.45, 7) is 1.45. The van der Waals surface area contributed by atoms with E-state index in [-0.39, 0.29) is 6.42 Å². The van der Waals surface area contributed by atoms with E-state index < -0.39 is 41.7 Å². The van der Waals surface area contributed by atoms with Gasteiger partial charge in [-0.15, -0.1) is 0 Å². The van der Waals surface area contributed by atoms with Gasteiger partial charge in [0.1, 0.15) is 0 Å². The molecule has 0 bridgehead atoms. The first-order valence-electron chi connectivity index (χ1n) is 7.48. The van der Waals surface area contributed by atoms with Crippen LogP contribution in [0.15, 0.2) is 18.2 Å². The van der Waals surface area contributed by atoms with E-state index in [1.807, 2.05) is 0 Å². The fourth-order valence-electron chi connectivity index (χ4n) is 2.92. The number of nitrogens with zero attached hydrogens (tertiary/aromatic N) is 1. The van der Waals surface area contributed by atoms with Gasteiger partial charge in [0.2, 0.25) is 0 Å². The molecule has 24 heavy (non-hydrogen) atoms. The first-order valence-corrected chi connectivity index (χ1v) is 7.48. The van der Waals surface area contributed by atoms with Crippen LogP contribution in [0.5, 0.6) is 0 Å². The second kappa shape index (κ2) is 7.28. The summed E-state index contributed by atoms with van der Waals surface area (Å²) in [6, 6.07) is 0.562. The molecule has 1 atom stereocenters. The summed E-state index contributed by atoms with van der Waals surface area (Å²) < 4.78 is 78.6. The number of hydrogen-bond acceptors (Lipinski definition) is 3. The quantitative estimate of drug-likeness (QED) is 0.814. The van der Waals surface area contributed by atoms with E-state index in [2.05, 4.69) is 5.32 Å². The Labute approximate surface area is 135 Å². The Hall–Kier alpha value is -1.32. The van der Waals surface area contributed by atoms with E-state index in [0.29, 0.717) is 44.4 Å². The van der Waals surface area contributed by atoms with Crippen LogP contribution in [-0.4, -0.2) is 42.8 Å². The third-order valence-electron chi connectivity index (χ3n) is 4.04. The van der Waals surface area contributed by atoms with Crippen molar-refractivity contribution in [2.75, 3.05) is 32.8 Å². The van der Waals surface area contributed by atoms with Crippen molar-refractivity contribution in [3.63, 3.8) is 0 Å². The highest BCUT2D eigenvalue weighted by molar-refractivity contribution is 5.37. The van der Waals surface area contributed by atoms with Gasteiger partial charge in [-0.05, 0) is 30.2 Å². The Morgan fingerprint density at radius 1 is 1.04 bits per heavy atom. The summed E-state index contributed by atoms with van der Waals surface area (Å²) >= 11 is 0. The number of halogens is 6. The lowest BCUT2D eigenvalue weighted by Crippen LogP contribution is -2.45. The first-order chi connectivity index (χ1) is 11.1. The minimum Gasteiger partial charge on any atom is -0.396 e. The van der Waals surface area contributed by atoms with Crippen LogP contribution in [0, 0.1) is 0 Å². The normalized spacial score (nSPS) is 18.6. The minimum atomic E-state index is -4.76. The number of hydrogen-bond donors (Lipinski definition) is 2. The van der Waals surface area contributed by atoms with Crippen molar-refractivity contribution in [1.82, 2.24) is 10.2 Å². The maximum atomic E-state index is 13.3. The fourth-order valence-corrected chi connectivity index (χ4v) is 2.92. The van der Waals surface area contributed by atoms with E-state index in [4.69, 9.17) is 0 Å². The molecule has 2 N–H and O–H groups in total. The molecule has 1 fully saturated rings. The van der Waals surface area contributed by atoms with Crippen molar-refractivity contribution in [1.29, 1.82) is 0 Å². The van der Waals surface area contributed by atoms with Gasteiger partial charge in [-0.2, -0.15) is 26.3 Å². The molecule has 1 aromatic rings. The molecule has 1 aromatic carbocycles. The zero-order chi connectivity index (χ0) is 18.0. The summed E-state index contributed by atoms with van der Waals surface area (Å²) in [5.41, 5.74) is -2.65. The lowest BCUT2D eigenvalue weighted by atomic mass is 9.93. The van der Waals surface area contributed by atoms with Gasteiger partial charge in [-0.25, -0.2) is 0 Å². The van der Waals surface area contributed by atoms with Gasteiger partial charge in [0.15, 0.2) is 0 Å². The highest BCUT2D eigenvalue weighted by Crippen LogP contribution is 2.40. The maximum Gasteiger partial charge on any atom is 0.416 e. The van der Waals surface area contributed by atoms with E-state index in [0.717, 1.165) is 0 Å². The van der Waals surface area contributed by atoms with Crippen LogP contribution in [0.25, 0.3) is 0 Å². The molecule has 9 heteroatoms. The molecule has 0 amide bonds. The number of nitrogens with one attached hydrogen (secondary N) is 1. The molecule has 1 aliphatic heterocycles. The van der Waals surface area contributed by atoms with Crippen LogP contribution in [0.1, 0.15) is 29.2 Å². The van der Waals surface area contributed by atoms with E-state index in [1.165, 1.54) is 0 Å². The van der Waals surface area contributed by atoms with Crippen LogP contribution in [0.2, 0.25) is 0 Å². The molecule has 0 aromatic heterocycles. The number of rotatable bonds is 4. The SMILES string of the molecule is OCC[C@@H](c1cc(C(F)(F)F)ccc1C(F)(F)F)N1CCNCC1. The van der Waals surface area contributed by atoms with Gasteiger partial charge >= 0.3 is 12.4 Å². The molecule has 0 aliphatic carbocycles. The molecule has 1 heterocycles. The number of benzene rings is 1. The summed E-state index contributed by atoms with van der Waals surface area (Å²) in [4.78, 5) is 1.68. The third kappa shape index (κ3) is 4.40. The van der Waals surface area contributed by atoms with Gasteiger partial charge in [0, 0.05) is 38.8 Å². The topological polar surface area (TPSA) is 35.5 Å². The molecule has 0 unspecified atom stereocenters. The first kappa shape index (κ1) is 19.0. The Morgan fingerprint density at radius 2 is 1.67 bits per heavy atom. The van der Waals surface area contributed by atoms with Crippen molar-refractivity contribution < 1.29 is 31.4 Å². The maximum absolute atomic E-state index is 13.3. The second-order valence-corrected chi connectivity index (χ2v) is 5.61. The van der Waals surface area contributed by atoms with Gasteiger partial charge in [0.05, 0.1) is 11.1 Å². The Morgan fingerprint density at radius 3 is 2.17 bits per heavy atom. The fraction of sp³-hybridized carbons (Fsp3) is 0.600. The smallest absolute Gasteiger partial charge is 0.396 e. The Bertz CT molecular complexity index is 552. The zero-order valence-corrected chi connectivity index (χ0v) is 12.7. The molecule has 1 aliphatic rings. The molecular formula is C15H18F6N2O. The van der Waals surface area contributed by atoms with Crippen molar-refractivity contribution in [2.24, 2.45) is 0 Å². The van der Waals surface area contributed by atoms with Crippen molar-refractivity contribution in [2.45, 2.75) is 24.8 Å². The lowest BCUT2D eigenvalue weighted by Gasteiger charge is -2.36. The predicted octanol–water partition coefficient (Wildman–Crippen LogP) is 3.05. The van der Waals surface area contributed by atoms with Crippen LogP contribution in [0.4, 0.5) is 26.3 Å². The number of aliphatic hydroxyl groups is 1. The number of alkyl halides is 6. The van der Waals surface area contributed by atoms with Crippen molar-refractivity contribution >= 4 is 0 Å². The van der Waals surface area contributed by atoms with Gasteiger partial charge in [-0.1, -0.05) is 0 Å². The molecule has 0 spiro atoms. The monoisotopic (exact) mass is 356 g/mol. The minimum absolute atomic E-state index is 0.0651. The lowest BCUT2D eigenvalue weighted by molar-refractivity contribution is -0.142. The van der Waals surface area contributed by atoms with Gasteiger partial charge in [0.25, 0.3) is 0 Å². The second-order valence-electron chi connectivity index (χ2n) is 5.61. The van der Waals surface area contributed by atoms with Crippen LogP contribution >= 0.6 is 0 Å². The predicted molar refractivity (Wildman–Crippen MR) is 75.3 cm³/mol. The van der Waals surface area contributed by atoms with Crippen molar-refractivity contribution in [3.05, 3.63) is 34.9 Å². The van der Waals surface area contributed by atoms with E-state index in [1.54, 1.807) is 4.90 Å². The summed E-state index contributed by atoms with van der Waals surface area (Å²) in [5, 5.41) is 12.2. The highest BCUT2D eigenvalue weighted by atomic mass is 19.4. The average Bonchev–Trinajstić information content (AvgIpc) is 2.51. The molecule has 136 valence electrons. The van der Waals surface area contributed by atoms with Crippen LogP contribution in [-0.2, 0) is 12.4 Å². The van der Waals surface area contributed by atoms with Gasteiger partial charge < -0.3 is 10.4 Å². The van der Waals surface area contributed by atoms with E-state index in [9.17, 15) is 31.4 Å². The third-order valence-corrected chi connectivity index (χ3v) is 4.04. The van der Waals surface area contributed by atoms with Crippen LogP contribution < -0.4 is 5.32 Å². The average molecular weight is 356 g/mol. The molecular weight excluding hydrogens is 338 g/mol. The standard InChI is InChI=1S/C15H18F6N2O/c16-14(17,18)10-1-2-12(15(19,20)21)11(9-10)13(3-8-24)23-6-4-22-5-7-23/h1-2,9,13,22,24H,3-8H2/t13-/m0/s1. The van der Waals surface area contributed by atoms with E-state index >= 15 is 0 Å². The molecule has 0 saturated carbocycles. The molecule has 1 saturated heterocycles. The Balaban J connectivity index is 2.52. The summed E-state index contributed by atoms with van der Waals surface area (Å²) in [7, 11) is 0. The Kier molecular flexibility index (Phi) is 5.77. The zero-order valence-electron chi connectivity index (χ0n) is 12.7. The summed E-state index contributed by atoms with van der Waals surface area (Å²) in [5.74, 6) is 0. The van der Waals surface area contributed by atoms with Gasteiger partial charge in [-0.3, -0.25) is 4.90 Å². The van der Waals surface area contributed by atoms with Crippen LogP contribution in [0.3, 0.4) is 0 Å². The summed E-state index contributed by atoms with van der Waals surface area (Å²) in [6.07, 6.45) is -9.56. The largest absolute Gasteiger partial charge is 0.416 e. The van der Waals surface area contributed by atoms with Crippen molar-refractivity contribution in [3.8, 4) is 0 Å². The molecule has 3 nitrogen and oxygen atoms in total. The number of piperazine rings is 1.